The minimum atomic E-state index is -0.437. The van der Waals surface area contributed by atoms with Crippen LogP contribution in [0.2, 0.25) is 5.15 Å². The summed E-state index contributed by atoms with van der Waals surface area (Å²) in [6.07, 6.45) is 3.41. The van der Waals surface area contributed by atoms with Gasteiger partial charge in [0.15, 0.2) is 0 Å². The number of halogens is 1. The van der Waals surface area contributed by atoms with Gasteiger partial charge < -0.3 is 9.31 Å². The SMILES string of the molecule is CC1(C)OB(c2cnc3ccnc(Cl)c3c2)OC1(C)C. The minimum absolute atomic E-state index is 0.370. The molecular formula is C14H16BClN2O2. The lowest BCUT2D eigenvalue weighted by Crippen LogP contribution is -2.41. The maximum atomic E-state index is 6.12. The molecule has 0 amide bonds. The lowest BCUT2D eigenvalue weighted by molar-refractivity contribution is 0.00578. The van der Waals surface area contributed by atoms with Gasteiger partial charge in [0.2, 0.25) is 0 Å². The van der Waals surface area contributed by atoms with Crippen molar-refractivity contribution >= 4 is 35.1 Å². The second kappa shape index (κ2) is 4.42. The molecule has 3 heterocycles. The van der Waals surface area contributed by atoms with E-state index in [1.54, 1.807) is 12.4 Å². The van der Waals surface area contributed by atoms with Crippen LogP contribution in [0.25, 0.3) is 10.9 Å². The van der Waals surface area contributed by atoms with Crippen molar-refractivity contribution in [3.8, 4) is 0 Å². The number of fused-ring (bicyclic) bond motifs is 1. The van der Waals surface area contributed by atoms with Gasteiger partial charge in [0.1, 0.15) is 5.15 Å². The Labute approximate surface area is 123 Å². The van der Waals surface area contributed by atoms with E-state index in [1.807, 2.05) is 39.8 Å². The number of pyridine rings is 2. The highest BCUT2D eigenvalue weighted by molar-refractivity contribution is 6.62. The van der Waals surface area contributed by atoms with Crippen LogP contribution in [0.1, 0.15) is 27.7 Å². The Kier molecular flexibility index (Phi) is 3.05. The number of hydrogen-bond donors (Lipinski definition) is 0. The van der Waals surface area contributed by atoms with Crippen molar-refractivity contribution in [2.45, 2.75) is 38.9 Å². The van der Waals surface area contributed by atoms with Crippen LogP contribution in [-0.2, 0) is 9.31 Å². The summed E-state index contributed by atoms with van der Waals surface area (Å²) in [7, 11) is -0.437. The van der Waals surface area contributed by atoms with Crippen molar-refractivity contribution in [3.05, 3.63) is 29.7 Å². The first kappa shape index (κ1) is 13.8. The van der Waals surface area contributed by atoms with E-state index < -0.39 is 7.12 Å². The highest BCUT2D eigenvalue weighted by atomic mass is 35.5. The van der Waals surface area contributed by atoms with Crippen LogP contribution in [-0.4, -0.2) is 28.3 Å². The van der Waals surface area contributed by atoms with Crippen molar-refractivity contribution in [3.63, 3.8) is 0 Å². The van der Waals surface area contributed by atoms with Gasteiger partial charge in [0, 0.05) is 23.2 Å². The highest BCUT2D eigenvalue weighted by Crippen LogP contribution is 2.36. The smallest absolute Gasteiger partial charge is 0.399 e. The first-order valence-corrected chi connectivity index (χ1v) is 6.94. The molecule has 1 fully saturated rings. The van der Waals surface area contributed by atoms with Crippen molar-refractivity contribution in [1.29, 1.82) is 0 Å². The molecule has 0 bridgehead atoms. The standard InChI is InChI=1S/C14H16BClN2O2/c1-13(2)14(3,4)20-15(19-13)9-7-10-11(18-8-9)5-6-17-12(10)16/h5-8H,1-4H3. The summed E-state index contributed by atoms with van der Waals surface area (Å²) >= 11 is 6.12. The molecule has 4 nitrogen and oxygen atoms in total. The average Bonchev–Trinajstić information content (AvgIpc) is 2.59. The zero-order chi connectivity index (χ0) is 14.5. The Morgan fingerprint density at radius 2 is 1.75 bits per heavy atom. The summed E-state index contributed by atoms with van der Waals surface area (Å²) in [5.41, 5.74) is 0.924. The van der Waals surface area contributed by atoms with Crippen LogP contribution in [0.3, 0.4) is 0 Å². The molecule has 0 aliphatic carbocycles. The fourth-order valence-electron chi connectivity index (χ4n) is 2.14. The Balaban J connectivity index is 2.02. The zero-order valence-corrected chi connectivity index (χ0v) is 12.7. The van der Waals surface area contributed by atoms with E-state index in [2.05, 4.69) is 9.97 Å². The maximum Gasteiger partial charge on any atom is 0.496 e. The third-order valence-corrected chi connectivity index (χ3v) is 4.41. The molecule has 104 valence electrons. The predicted octanol–water partition coefficient (Wildman–Crippen LogP) is 2.58. The molecular weight excluding hydrogens is 274 g/mol. The van der Waals surface area contributed by atoms with E-state index in [1.165, 1.54) is 0 Å². The molecule has 6 heteroatoms. The van der Waals surface area contributed by atoms with Crippen LogP contribution in [0, 0.1) is 0 Å². The molecule has 0 radical (unpaired) electrons. The molecule has 0 unspecified atom stereocenters. The molecule has 0 N–H and O–H groups in total. The van der Waals surface area contributed by atoms with E-state index in [0.717, 1.165) is 16.4 Å². The van der Waals surface area contributed by atoms with Gasteiger partial charge in [-0.2, -0.15) is 0 Å². The largest absolute Gasteiger partial charge is 0.496 e. The maximum absolute atomic E-state index is 6.12. The van der Waals surface area contributed by atoms with Gasteiger partial charge in [-0.15, -0.1) is 0 Å². The number of aromatic nitrogens is 2. The molecule has 2 aromatic rings. The van der Waals surface area contributed by atoms with Gasteiger partial charge in [0.25, 0.3) is 0 Å². The Morgan fingerprint density at radius 3 is 2.40 bits per heavy atom. The summed E-state index contributed by atoms with van der Waals surface area (Å²) in [6.45, 7) is 8.10. The summed E-state index contributed by atoms with van der Waals surface area (Å²) in [4.78, 5) is 8.47. The fraction of sp³-hybridized carbons (Fsp3) is 0.429. The molecule has 3 rings (SSSR count). The molecule has 2 aromatic heterocycles. The van der Waals surface area contributed by atoms with Gasteiger partial charge in [-0.1, -0.05) is 11.6 Å². The molecule has 0 atom stereocenters. The molecule has 0 aromatic carbocycles. The van der Waals surface area contributed by atoms with Crippen LogP contribution in [0.4, 0.5) is 0 Å². The van der Waals surface area contributed by atoms with Gasteiger partial charge in [0.05, 0.1) is 16.7 Å². The number of nitrogens with zero attached hydrogens (tertiary/aromatic N) is 2. The molecule has 0 saturated carbocycles. The van der Waals surface area contributed by atoms with Crippen molar-refractivity contribution in [1.82, 2.24) is 9.97 Å². The fourth-order valence-corrected chi connectivity index (χ4v) is 2.35. The normalized spacial score (nSPS) is 20.6. The average molecular weight is 291 g/mol. The third kappa shape index (κ3) is 2.10. The first-order valence-electron chi connectivity index (χ1n) is 6.56. The summed E-state index contributed by atoms with van der Waals surface area (Å²) in [6, 6.07) is 3.76. The lowest BCUT2D eigenvalue weighted by Gasteiger charge is -2.32. The van der Waals surface area contributed by atoms with Crippen LogP contribution in [0.15, 0.2) is 24.5 Å². The molecule has 1 aliphatic heterocycles. The van der Waals surface area contributed by atoms with E-state index in [4.69, 9.17) is 20.9 Å². The van der Waals surface area contributed by atoms with Crippen molar-refractivity contribution in [2.75, 3.05) is 0 Å². The van der Waals surface area contributed by atoms with Gasteiger partial charge in [-0.3, -0.25) is 4.98 Å². The summed E-state index contributed by atoms with van der Waals surface area (Å²) in [5, 5.41) is 1.25. The number of rotatable bonds is 1. The predicted molar refractivity (Wildman–Crippen MR) is 80.3 cm³/mol. The zero-order valence-electron chi connectivity index (χ0n) is 12.0. The summed E-state index contributed by atoms with van der Waals surface area (Å²) < 4.78 is 12.0. The Morgan fingerprint density at radius 1 is 1.10 bits per heavy atom. The topological polar surface area (TPSA) is 44.2 Å². The molecule has 1 aliphatic rings. The van der Waals surface area contributed by atoms with E-state index in [-0.39, 0.29) is 11.2 Å². The molecule has 1 saturated heterocycles. The Hall–Kier alpha value is -1.17. The van der Waals surface area contributed by atoms with Gasteiger partial charge in [-0.25, -0.2) is 4.98 Å². The monoisotopic (exact) mass is 290 g/mol. The Bertz CT molecular complexity index is 659. The lowest BCUT2D eigenvalue weighted by atomic mass is 9.80. The number of hydrogen-bond acceptors (Lipinski definition) is 4. The highest BCUT2D eigenvalue weighted by Gasteiger charge is 2.51. The van der Waals surface area contributed by atoms with Crippen molar-refractivity contribution in [2.24, 2.45) is 0 Å². The van der Waals surface area contributed by atoms with Gasteiger partial charge in [-0.05, 0) is 39.8 Å². The van der Waals surface area contributed by atoms with Crippen molar-refractivity contribution < 1.29 is 9.31 Å². The quantitative estimate of drug-likeness (QED) is 0.598. The van der Waals surface area contributed by atoms with Gasteiger partial charge >= 0.3 is 7.12 Å². The van der Waals surface area contributed by atoms with E-state index in [9.17, 15) is 0 Å². The second-order valence-corrected chi connectivity index (χ2v) is 6.38. The van der Waals surface area contributed by atoms with E-state index >= 15 is 0 Å². The van der Waals surface area contributed by atoms with Crippen LogP contribution >= 0.6 is 11.6 Å². The molecule has 20 heavy (non-hydrogen) atoms. The minimum Gasteiger partial charge on any atom is -0.399 e. The first-order chi connectivity index (χ1) is 9.30. The van der Waals surface area contributed by atoms with E-state index in [0.29, 0.717) is 5.15 Å². The van der Waals surface area contributed by atoms with Crippen LogP contribution < -0.4 is 5.46 Å². The third-order valence-electron chi connectivity index (χ3n) is 4.11. The second-order valence-electron chi connectivity index (χ2n) is 6.03. The molecule has 0 spiro atoms. The summed E-state index contributed by atoms with van der Waals surface area (Å²) in [5.74, 6) is 0. The van der Waals surface area contributed by atoms with Crippen LogP contribution in [0.5, 0.6) is 0 Å².